The first-order chi connectivity index (χ1) is 18.7. The van der Waals surface area contributed by atoms with E-state index in [1.165, 1.54) is 19.4 Å². The molecule has 0 saturated heterocycles. The summed E-state index contributed by atoms with van der Waals surface area (Å²) in [6.07, 6.45) is 0.654. The number of carbonyl (C=O) groups excluding carboxylic acids is 1. The standard InChI is InChI=1S/C34H40N2O4/c1-21(24-12-15-26(16-13-24)33(3,4)5)35-31(37)25-14-17-28-29(22(2)36(8)30(28)20-25)19-23-10-9-11-27(18-23)40-34(6,7)32(38)39/h9-18,20-21H,19H2,1-8H3,(H,35,37)(H,38,39)/t21-/m0/s1. The van der Waals surface area contributed by atoms with Crippen molar-refractivity contribution in [1.82, 2.24) is 9.88 Å². The maximum absolute atomic E-state index is 13.2. The molecule has 0 aliphatic heterocycles. The molecule has 0 aliphatic carbocycles. The summed E-state index contributed by atoms with van der Waals surface area (Å²) in [4.78, 5) is 24.7. The summed E-state index contributed by atoms with van der Waals surface area (Å²) in [6, 6.07) is 21.7. The van der Waals surface area contributed by atoms with Gasteiger partial charge >= 0.3 is 5.97 Å². The third kappa shape index (κ3) is 6.06. The second kappa shape index (κ2) is 10.8. The quantitative estimate of drug-likeness (QED) is 0.250. The molecule has 0 aliphatic rings. The molecule has 6 heteroatoms. The highest BCUT2D eigenvalue weighted by atomic mass is 16.5. The molecule has 0 unspecified atom stereocenters. The van der Waals surface area contributed by atoms with Gasteiger partial charge in [-0.15, -0.1) is 0 Å². The number of fused-ring (bicyclic) bond motifs is 1. The van der Waals surface area contributed by atoms with Crippen molar-refractivity contribution in [3.05, 3.63) is 100 Å². The summed E-state index contributed by atoms with van der Waals surface area (Å²) in [7, 11) is 2.01. The number of hydrogen-bond acceptors (Lipinski definition) is 3. The van der Waals surface area contributed by atoms with Crippen LogP contribution in [0.15, 0.2) is 66.7 Å². The first kappa shape index (κ1) is 28.9. The number of carboxylic acids is 1. The second-order valence-corrected chi connectivity index (χ2v) is 12.2. The Hall–Kier alpha value is -4.06. The first-order valence-corrected chi connectivity index (χ1v) is 13.7. The molecule has 2 N–H and O–H groups in total. The highest BCUT2D eigenvalue weighted by molar-refractivity contribution is 5.99. The van der Waals surface area contributed by atoms with E-state index in [4.69, 9.17) is 4.74 Å². The van der Waals surface area contributed by atoms with Gasteiger partial charge in [0.2, 0.25) is 0 Å². The van der Waals surface area contributed by atoms with E-state index in [9.17, 15) is 14.7 Å². The Labute approximate surface area is 237 Å². The molecule has 0 fully saturated rings. The minimum absolute atomic E-state index is 0.0837. The molecule has 1 heterocycles. The van der Waals surface area contributed by atoms with Gasteiger partial charge in [-0.2, -0.15) is 0 Å². The Morgan fingerprint density at radius 2 is 1.65 bits per heavy atom. The number of benzene rings is 3. The molecule has 1 aromatic heterocycles. The summed E-state index contributed by atoms with van der Waals surface area (Å²) in [6.45, 7) is 13.7. The number of hydrogen-bond donors (Lipinski definition) is 2. The summed E-state index contributed by atoms with van der Waals surface area (Å²) in [5, 5.41) is 13.6. The van der Waals surface area contributed by atoms with Gasteiger partial charge in [-0.1, -0.05) is 63.2 Å². The van der Waals surface area contributed by atoms with Gasteiger partial charge in [0.15, 0.2) is 5.60 Å². The van der Waals surface area contributed by atoms with E-state index in [1.807, 2.05) is 50.4 Å². The monoisotopic (exact) mass is 540 g/mol. The lowest BCUT2D eigenvalue weighted by atomic mass is 9.86. The SMILES string of the molecule is Cc1c(Cc2cccc(OC(C)(C)C(=O)O)c2)c2ccc(C(=O)N[C@@H](C)c3ccc(C(C)(C)C)cc3)cc2n1C. The summed E-state index contributed by atoms with van der Waals surface area (Å²) in [5.41, 5.74) is 5.98. The van der Waals surface area contributed by atoms with Gasteiger partial charge < -0.3 is 19.7 Å². The van der Waals surface area contributed by atoms with Crippen LogP contribution in [0.1, 0.15) is 85.9 Å². The molecule has 1 atom stereocenters. The zero-order valence-corrected chi connectivity index (χ0v) is 24.8. The van der Waals surface area contributed by atoms with Gasteiger partial charge in [-0.05, 0) is 86.1 Å². The van der Waals surface area contributed by atoms with Crippen molar-refractivity contribution in [2.45, 2.75) is 71.9 Å². The third-order valence-electron chi connectivity index (χ3n) is 7.68. The molecular formula is C34H40N2O4. The highest BCUT2D eigenvalue weighted by Crippen LogP contribution is 2.30. The molecule has 40 heavy (non-hydrogen) atoms. The number of nitrogens with zero attached hydrogens (tertiary/aromatic N) is 1. The van der Waals surface area contributed by atoms with E-state index < -0.39 is 11.6 Å². The fraction of sp³-hybridized carbons (Fsp3) is 0.353. The first-order valence-electron chi connectivity index (χ1n) is 13.7. The molecule has 4 aromatic rings. The Morgan fingerprint density at radius 3 is 2.27 bits per heavy atom. The van der Waals surface area contributed by atoms with Crippen molar-refractivity contribution in [2.75, 3.05) is 0 Å². The van der Waals surface area contributed by atoms with Crippen LogP contribution < -0.4 is 10.1 Å². The van der Waals surface area contributed by atoms with Crippen molar-refractivity contribution < 1.29 is 19.4 Å². The molecule has 0 bridgehead atoms. The van der Waals surface area contributed by atoms with Crippen molar-refractivity contribution in [1.29, 1.82) is 0 Å². The molecule has 3 aromatic carbocycles. The topological polar surface area (TPSA) is 80.6 Å². The zero-order chi connectivity index (χ0) is 29.4. The Kier molecular flexibility index (Phi) is 7.84. The minimum Gasteiger partial charge on any atom is -0.478 e. The fourth-order valence-electron chi connectivity index (χ4n) is 4.90. The number of amides is 1. The van der Waals surface area contributed by atoms with Crippen molar-refractivity contribution in [3.63, 3.8) is 0 Å². The zero-order valence-electron chi connectivity index (χ0n) is 24.8. The van der Waals surface area contributed by atoms with Crippen molar-refractivity contribution in [2.24, 2.45) is 7.05 Å². The van der Waals surface area contributed by atoms with Gasteiger partial charge in [0.05, 0.1) is 6.04 Å². The minimum atomic E-state index is -1.32. The van der Waals surface area contributed by atoms with Crippen molar-refractivity contribution in [3.8, 4) is 5.75 Å². The third-order valence-corrected chi connectivity index (χ3v) is 7.68. The summed E-state index contributed by atoms with van der Waals surface area (Å²) >= 11 is 0. The van der Waals surface area contributed by atoms with E-state index in [0.717, 1.165) is 33.3 Å². The van der Waals surface area contributed by atoms with E-state index >= 15 is 0 Å². The molecule has 0 saturated carbocycles. The van der Waals surface area contributed by atoms with Crippen LogP contribution in [0.4, 0.5) is 0 Å². The largest absolute Gasteiger partial charge is 0.478 e. The maximum Gasteiger partial charge on any atom is 0.347 e. The van der Waals surface area contributed by atoms with Crippen LogP contribution in [0.2, 0.25) is 0 Å². The number of ether oxygens (including phenoxy) is 1. The number of nitrogens with one attached hydrogen (secondary N) is 1. The molecule has 210 valence electrons. The lowest BCUT2D eigenvalue weighted by Crippen LogP contribution is -2.37. The maximum atomic E-state index is 13.2. The average molecular weight is 541 g/mol. The molecular weight excluding hydrogens is 500 g/mol. The second-order valence-electron chi connectivity index (χ2n) is 12.2. The predicted molar refractivity (Wildman–Crippen MR) is 160 cm³/mol. The predicted octanol–water partition coefficient (Wildman–Crippen LogP) is 7.11. The molecule has 0 spiro atoms. The van der Waals surface area contributed by atoms with Crippen molar-refractivity contribution >= 4 is 22.8 Å². The number of aryl methyl sites for hydroxylation is 1. The summed E-state index contributed by atoms with van der Waals surface area (Å²) < 4.78 is 7.86. The molecule has 1 amide bonds. The lowest BCUT2D eigenvalue weighted by molar-refractivity contribution is -0.152. The number of aliphatic carboxylic acids is 1. The van der Waals surface area contributed by atoms with Crippen LogP contribution in [0.3, 0.4) is 0 Å². The van der Waals surface area contributed by atoms with E-state index in [1.54, 1.807) is 6.07 Å². The van der Waals surface area contributed by atoms with Crippen LogP contribution >= 0.6 is 0 Å². The number of carbonyl (C=O) groups is 2. The van der Waals surface area contributed by atoms with Crippen LogP contribution in [-0.2, 0) is 23.7 Å². The highest BCUT2D eigenvalue weighted by Gasteiger charge is 2.29. The smallest absolute Gasteiger partial charge is 0.347 e. The Bertz CT molecular complexity index is 1560. The lowest BCUT2D eigenvalue weighted by Gasteiger charge is -2.21. The van der Waals surface area contributed by atoms with Gasteiger partial charge in [0.25, 0.3) is 5.91 Å². The normalized spacial score (nSPS) is 12.8. The Balaban J connectivity index is 1.55. The number of carboxylic acid groups (broad SMARTS) is 1. The Morgan fingerprint density at radius 1 is 0.975 bits per heavy atom. The van der Waals surface area contributed by atoms with Crippen LogP contribution in [0.25, 0.3) is 10.9 Å². The number of rotatable bonds is 8. The van der Waals surface area contributed by atoms with Gasteiger partial charge in [-0.25, -0.2) is 4.79 Å². The molecule has 4 rings (SSSR count). The fourth-order valence-corrected chi connectivity index (χ4v) is 4.90. The molecule has 6 nitrogen and oxygen atoms in total. The van der Waals surface area contributed by atoms with E-state index in [0.29, 0.717) is 17.7 Å². The van der Waals surface area contributed by atoms with Crippen LogP contribution in [0, 0.1) is 6.92 Å². The van der Waals surface area contributed by atoms with Gasteiger partial charge in [0, 0.05) is 29.2 Å². The average Bonchev–Trinajstić information content (AvgIpc) is 3.12. The number of aromatic nitrogens is 1. The van der Waals surface area contributed by atoms with Crippen LogP contribution in [0.5, 0.6) is 5.75 Å². The van der Waals surface area contributed by atoms with Crippen LogP contribution in [-0.4, -0.2) is 27.2 Å². The van der Waals surface area contributed by atoms with E-state index in [-0.39, 0.29) is 17.4 Å². The van der Waals surface area contributed by atoms with E-state index in [2.05, 4.69) is 61.8 Å². The summed E-state index contributed by atoms with van der Waals surface area (Å²) in [5.74, 6) is -0.611. The molecule has 0 radical (unpaired) electrons. The van der Waals surface area contributed by atoms with Gasteiger partial charge in [0.1, 0.15) is 5.75 Å². The van der Waals surface area contributed by atoms with Gasteiger partial charge in [-0.3, -0.25) is 4.79 Å².